The lowest BCUT2D eigenvalue weighted by molar-refractivity contribution is 0.717. The summed E-state index contributed by atoms with van der Waals surface area (Å²) in [4.78, 5) is 0. The molecule has 1 aromatic carbocycles. The highest BCUT2D eigenvalue weighted by atomic mass is 13.9. The Balaban J connectivity index is 2.28. The summed E-state index contributed by atoms with van der Waals surface area (Å²) in [6, 6.07) is 11.5. The minimum atomic E-state index is 1.19. The van der Waals surface area contributed by atoms with Gasteiger partial charge in [-0.3, -0.25) is 0 Å². The van der Waals surface area contributed by atoms with Crippen molar-refractivity contribution in [3.63, 3.8) is 0 Å². The molecule has 0 unspecified atom stereocenters. The second-order valence-electron chi connectivity index (χ2n) is 2.84. The highest BCUT2D eigenvalue weighted by molar-refractivity contribution is 5.12. The zero-order chi connectivity index (χ0) is 7.94. The third-order valence-corrected chi connectivity index (χ3v) is 1.82. The van der Waals surface area contributed by atoms with Crippen LogP contribution in [0.1, 0.15) is 31.7 Å². The van der Waals surface area contributed by atoms with Crippen LogP contribution >= 0.6 is 0 Å². The molecule has 0 saturated heterocycles. The molecule has 0 heterocycles. The van der Waals surface area contributed by atoms with E-state index in [0.717, 1.165) is 0 Å². The first-order chi connectivity index (χ1) is 5.43. The number of hydrogen-bond donors (Lipinski definition) is 0. The van der Waals surface area contributed by atoms with Crippen LogP contribution in [0.15, 0.2) is 24.3 Å². The molecule has 1 radical (unpaired) electrons. The van der Waals surface area contributed by atoms with Gasteiger partial charge in [-0.2, -0.15) is 0 Å². The summed E-state index contributed by atoms with van der Waals surface area (Å²) >= 11 is 0. The molecule has 0 heteroatoms. The highest BCUT2D eigenvalue weighted by Crippen LogP contribution is 2.04. The Bertz CT molecular complexity index is 176. The monoisotopic (exact) mass is 147 g/mol. The Kier molecular flexibility index (Phi) is 3.74. The molecular weight excluding hydrogens is 132 g/mol. The van der Waals surface area contributed by atoms with Crippen LogP contribution in [0.25, 0.3) is 0 Å². The molecule has 0 aliphatic heterocycles. The lowest BCUT2D eigenvalue weighted by Crippen LogP contribution is -1.83. The molecular formula is C11H15. The van der Waals surface area contributed by atoms with Crippen molar-refractivity contribution < 1.29 is 0 Å². The third-order valence-electron chi connectivity index (χ3n) is 1.82. The van der Waals surface area contributed by atoms with E-state index >= 15 is 0 Å². The first-order valence-electron chi connectivity index (χ1n) is 4.39. The summed E-state index contributed by atoms with van der Waals surface area (Å²) < 4.78 is 0. The van der Waals surface area contributed by atoms with E-state index in [-0.39, 0.29) is 0 Å². The van der Waals surface area contributed by atoms with E-state index < -0.39 is 0 Å². The molecule has 1 aromatic rings. The molecule has 1 rings (SSSR count). The summed E-state index contributed by atoms with van der Waals surface area (Å²) in [5.41, 5.74) is 1.35. The summed E-state index contributed by atoms with van der Waals surface area (Å²) in [6.45, 7) is 2.23. The molecule has 0 aliphatic carbocycles. The number of unbranched alkanes of at least 4 members (excludes halogenated alkanes) is 2. The van der Waals surface area contributed by atoms with E-state index in [0.29, 0.717) is 0 Å². The fourth-order valence-corrected chi connectivity index (χ4v) is 1.15. The largest absolute Gasteiger partial charge is 0.0654 e. The predicted molar refractivity (Wildman–Crippen MR) is 48.5 cm³/mol. The molecule has 0 aromatic heterocycles. The van der Waals surface area contributed by atoms with E-state index in [4.69, 9.17) is 0 Å². The van der Waals surface area contributed by atoms with Gasteiger partial charge in [0, 0.05) is 0 Å². The van der Waals surface area contributed by atoms with Gasteiger partial charge in [-0.25, -0.2) is 0 Å². The SMILES string of the molecule is CCCCCc1[c]cccc1. The Morgan fingerprint density at radius 2 is 2.18 bits per heavy atom. The van der Waals surface area contributed by atoms with Crippen LogP contribution in [-0.2, 0) is 6.42 Å². The van der Waals surface area contributed by atoms with Gasteiger partial charge >= 0.3 is 0 Å². The van der Waals surface area contributed by atoms with Gasteiger partial charge in [-0.05, 0) is 24.5 Å². The Labute approximate surface area is 69.3 Å². The van der Waals surface area contributed by atoms with Crippen molar-refractivity contribution in [2.45, 2.75) is 32.6 Å². The highest BCUT2D eigenvalue weighted by Gasteiger charge is 1.89. The first kappa shape index (κ1) is 8.32. The van der Waals surface area contributed by atoms with E-state index in [2.05, 4.69) is 25.1 Å². The zero-order valence-electron chi connectivity index (χ0n) is 7.14. The van der Waals surface area contributed by atoms with Crippen molar-refractivity contribution >= 4 is 0 Å². The van der Waals surface area contributed by atoms with Gasteiger partial charge in [0.25, 0.3) is 0 Å². The fraction of sp³-hybridized carbons (Fsp3) is 0.455. The maximum absolute atomic E-state index is 3.23. The molecule has 0 N–H and O–H groups in total. The topological polar surface area (TPSA) is 0 Å². The van der Waals surface area contributed by atoms with Crippen molar-refractivity contribution in [1.82, 2.24) is 0 Å². The van der Waals surface area contributed by atoms with E-state index in [1.165, 1.54) is 31.2 Å². The van der Waals surface area contributed by atoms with Crippen molar-refractivity contribution in [3.05, 3.63) is 35.9 Å². The van der Waals surface area contributed by atoms with Crippen molar-refractivity contribution in [2.24, 2.45) is 0 Å². The van der Waals surface area contributed by atoms with Crippen LogP contribution in [0, 0.1) is 6.07 Å². The minimum Gasteiger partial charge on any atom is -0.0654 e. The molecule has 0 aliphatic rings. The molecule has 0 nitrogen and oxygen atoms in total. The van der Waals surface area contributed by atoms with E-state index in [1.54, 1.807) is 0 Å². The van der Waals surface area contributed by atoms with Crippen molar-refractivity contribution in [2.75, 3.05) is 0 Å². The average Bonchev–Trinajstić information content (AvgIpc) is 2.07. The molecule has 11 heavy (non-hydrogen) atoms. The van der Waals surface area contributed by atoms with Crippen LogP contribution in [0.2, 0.25) is 0 Å². The molecule has 0 bridgehead atoms. The quantitative estimate of drug-likeness (QED) is 0.574. The second kappa shape index (κ2) is 4.95. The number of rotatable bonds is 4. The number of benzene rings is 1. The van der Waals surface area contributed by atoms with Gasteiger partial charge in [0.2, 0.25) is 0 Å². The van der Waals surface area contributed by atoms with Crippen LogP contribution in [0.3, 0.4) is 0 Å². The van der Waals surface area contributed by atoms with Crippen LogP contribution in [-0.4, -0.2) is 0 Å². The van der Waals surface area contributed by atoms with E-state index in [1.807, 2.05) is 12.1 Å². The smallest absolute Gasteiger partial charge is 0.0149 e. The maximum atomic E-state index is 3.23. The lowest BCUT2D eigenvalue weighted by Gasteiger charge is -1.97. The second-order valence-corrected chi connectivity index (χ2v) is 2.84. The van der Waals surface area contributed by atoms with Gasteiger partial charge < -0.3 is 0 Å². The summed E-state index contributed by atoms with van der Waals surface area (Å²) in [7, 11) is 0. The van der Waals surface area contributed by atoms with Crippen LogP contribution < -0.4 is 0 Å². The molecule has 0 atom stereocenters. The zero-order valence-corrected chi connectivity index (χ0v) is 7.14. The molecule has 0 saturated carbocycles. The molecule has 0 fully saturated rings. The molecule has 0 amide bonds. The maximum Gasteiger partial charge on any atom is -0.0149 e. The van der Waals surface area contributed by atoms with Gasteiger partial charge in [0.05, 0.1) is 0 Å². The predicted octanol–water partition coefficient (Wildman–Crippen LogP) is 3.22. The summed E-state index contributed by atoms with van der Waals surface area (Å²) in [6.07, 6.45) is 5.13. The van der Waals surface area contributed by atoms with Crippen molar-refractivity contribution in [3.8, 4) is 0 Å². The lowest BCUT2D eigenvalue weighted by atomic mass is 10.1. The Morgan fingerprint density at radius 1 is 1.27 bits per heavy atom. The molecule has 0 spiro atoms. The Hall–Kier alpha value is -0.780. The number of aryl methyl sites for hydroxylation is 1. The van der Waals surface area contributed by atoms with Gasteiger partial charge in [0.1, 0.15) is 0 Å². The minimum absolute atomic E-state index is 1.19. The van der Waals surface area contributed by atoms with Crippen molar-refractivity contribution in [1.29, 1.82) is 0 Å². The van der Waals surface area contributed by atoms with Gasteiger partial charge in [-0.15, -0.1) is 0 Å². The van der Waals surface area contributed by atoms with Crippen LogP contribution in [0.4, 0.5) is 0 Å². The van der Waals surface area contributed by atoms with Gasteiger partial charge in [-0.1, -0.05) is 44.0 Å². The number of hydrogen-bond acceptors (Lipinski definition) is 0. The first-order valence-corrected chi connectivity index (χ1v) is 4.39. The van der Waals surface area contributed by atoms with Crippen LogP contribution in [0.5, 0.6) is 0 Å². The standard InChI is InChI=1S/C11H15/c1-2-3-5-8-11-9-6-4-7-10-11/h4,6-7,9H,2-3,5,8H2,1H3. The molecule has 59 valence electrons. The fourth-order valence-electron chi connectivity index (χ4n) is 1.15. The summed E-state index contributed by atoms with van der Waals surface area (Å²) in [5.74, 6) is 0. The third kappa shape index (κ3) is 3.22. The normalized spacial score (nSPS) is 9.91. The summed E-state index contributed by atoms with van der Waals surface area (Å²) in [5, 5.41) is 0. The van der Waals surface area contributed by atoms with Gasteiger partial charge in [0.15, 0.2) is 0 Å². The average molecular weight is 147 g/mol. The Morgan fingerprint density at radius 3 is 2.82 bits per heavy atom. The van der Waals surface area contributed by atoms with E-state index in [9.17, 15) is 0 Å².